The van der Waals surface area contributed by atoms with Crippen molar-refractivity contribution >= 4 is 5.97 Å². The Morgan fingerprint density at radius 3 is 2.60 bits per heavy atom. The third-order valence-electron chi connectivity index (χ3n) is 2.82. The topological polar surface area (TPSA) is 72.5 Å². The van der Waals surface area contributed by atoms with Crippen LogP contribution >= 0.6 is 0 Å². The van der Waals surface area contributed by atoms with Crippen molar-refractivity contribution in [3.8, 4) is 11.1 Å². The quantitative estimate of drug-likeness (QED) is 0.844. The van der Waals surface area contributed by atoms with Crippen LogP contribution in [0.25, 0.3) is 11.1 Å². The molecule has 0 atom stereocenters. The lowest BCUT2D eigenvalue weighted by atomic mass is 9.94. The van der Waals surface area contributed by atoms with Crippen LogP contribution in [-0.2, 0) is 11.4 Å². The minimum atomic E-state index is -1.22. The lowest BCUT2D eigenvalue weighted by Crippen LogP contribution is -2.07. The third-order valence-corrected chi connectivity index (χ3v) is 2.82. The van der Waals surface area contributed by atoms with E-state index in [9.17, 15) is 18.7 Å². The molecular weight excluding hydrogens is 268 g/mol. The normalized spacial score (nSPS) is 10.6. The van der Waals surface area contributed by atoms with E-state index in [0.29, 0.717) is 11.6 Å². The van der Waals surface area contributed by atoms with Gasteiger partial charge in [0.25, 0.3) is 0 Å². The van der Waals surface area contributed by atoms with Crippen LogP contribution in [0.1, 0.15) is 15.9 Å². The second kappa shape index (κ2) is 5.77. The molecule has 0 spiro atoms. The zero-order chi connectivity index (χ0) is 14.7. The summed E-state index contributed by atoms with van der Waals surface area (Å²) in [5.74, 6) is 2.18. The smallest absolute Gasteiger partial charge is 0.336 e. The molecule has 3 N–H and O–H groups in total. The fourth-order valence-electron chi connectivity index (χ4n) is 2.00. The number of halogens is 2. The average Bonchev–Trinajstić information content (AvgIpc) is 2.39. The summed E-state index contributed by atoms with van der Waals surface area (Å²) in [7, 11) is 0. The van der Waals surface area contributed by atoms with Crippen LogP contribution in [0.15, 0.2) is 36.4 Å². The van der Waals surface area contributed by atoms with Gasteiger partial charge in [-0.25, -0.2) is 19.5 Å². The Balaban J connectivity index is 2.72. The SMILES string of the molecule is NOCc1cccc(C(=O)O)c1-c1ccc(F)cc1F. The highest BCUT2D eigenvalue weighted by Gasteiger charge is 2.18. The van der Waals surface area contributed by atoms with Crippen molar-refractivity contribution in [3.63, 3.8) is 0 Å². The maximum Gasteiger partial charge on any atom is 0.336 e. The van der Waals surface area contributed by atoms with Gasteiger partial charge in [-0.1, -0.05) is 12.1 Å². The number of rotatable bonds is 4. The van der Waals surface area contributed by atoms with E-state index in [0.717, 1.165) is 6.07 Å². The van der Waals surface area contributed by atoms with Crippen molar-refractivity contribution in [3.05, 3.63) is 59.2 Å². The van der Waals surface area contributed by atoms with E-state index >= 15 is 0 Å². The summed E-state index contributed by atoms with van der Waals surface area (Å²) in [6.07, 6.45) is 0. The van der Waals surface area contributed by atoms with Crippen molar-refractivity contribution in [2.45, 2.75) is 6.61 Å². The van der Waals surface area contributed by atoms with Crippen LogP contribution in [0, 0.1) is 11.6 Å². The molecule has 0 bridgehead atoms. The molecule has 20 heavy (non-hydrogen) atoms. The average molecular weight is 279 g/mol. The molecule has 0 fully saturated rings. The number of carboxylic acids is 1. The molecule has 0 saturated carbocycles. The van der Waals surface area contributed by atoms with E-state index in [4.69, 9.17) is 5.90 Å². The molecular formula is C14H11F2NO3. The Labute approximate surface area is 113 Å². The molecule has 2 aromatic carbocycles. The van der Waals surface area contributed by atoms with Gasteiger partial charge in [-0.15, -0.1) is 0 Å². The first-order chi connectivity index (χ1) is 9.54. The second-order valence-electron chi connectivity index (χ2n) is 4.08. The van der Waals surface area contributed by atoms with Gasteiger partial charge in [-0.2, -0.15) is 0 Å². The number of benzene rings is 2. The zero-order valence-electron chi connectivity index (χ0n) is 10.3. The van der Waals surface area contributed by atoms with E-state index in [-0.39, 0.29) is 23.3 Å². The van der Waals surface area contributed by atoms with Crippen LogP contribution in [0.2, 0.25) is 0 Å². The fraction of sp³-hybridized carbons (Fsp3) is 0.0714. The number of aromatic carboxylic acids is 1. The van der Waals surface area contributed by atoms with E-state index in [2.05, 4.69) is 4.84 Å². The summed E-state index contributed by atoms with van der Waals surface area (Å²) in [5, 5.41) is 9.20. The van der Waals surface area contributed by atoms with Crippen LogP contribution in [-0.4, -0.2) is 11.1 Å². The molecule has 0 saturated heterocycles. The first kappa shape index (κ1) is 14.1. The van der Waals surface area contributed by atoms with Gasteiger partial charge in [-0.05, 0) is 23.8 Å². The van der Waals surface area contributed by atoms with E-state index in [1.54, 1.807) is 6.07 Å². The summed E-state index contributed by atoms with van der Waals surface area (Å²) in [5.41, 5.74) is 0.405. The molecule has 0 aliphatic carbocycles. The molecule has 0 aliphatic rings. The summed E-state index contributed by atoms with van der Waals surface area (Å²) in [6.45, 7) is -0.0900. The molecule has 0 amide bonds. The first-order valence-electron chi connectivity index (χ1n) is 5.67. The number of hydrogen-bond acceptors (Lipinski definition) is 3. The van der Waals surface area contributed by atoms with Gasteiger partial charge in [0.1, 0.15) is 11.6 Å². The number of hydrogen-bond donors (Lipinski definition) is 2. The Morgan fingerprint density at radius 2 is 2.00 bits per heavy atom. The van der Waals surface area contributed by atoms with E-state index in [1.165, 1.54) is 18.2 Å². The van der Waals surface area contributed by atoms with Gasteiger partial charge < -0.3 is 5.11 Å². The van der Waals surface area contributed by atoms with Gasteiger partial charge in [0, 0.05) is 17.2 Å². The highest BCUT2D eigenvalue weighted by molar-refractivity contribution is 5.97. The molecule has 2 aromatic rings. The predicted octanol–water partition coefficient (Wildman–Crippen LogP) is 2.72. The fourth-order valence-corrected chi connectivity index (χ4v) is 2.00. The van der Waals surface area contributed by atoms with Crippen molar-refractivity contribution in [1.29, 1.82) is 0 Å². The Kier molecular flexibility index (Phi) is 4.07. The maximum atomic E-state index is 13.9. The van der Waals surface area contributed by atoms with E-state index < -0.39 is 17.6 Å². The monoisotopic (exact) mass is 279 g/mol. The molecule has 0 heterocycles. The summed E-state index contributed by atoms with van der Waals surface area (Å²) in [4.78, 5) is 15.8. The van der Waals surface area contributed by atoms with Crippen molar-refractivity contribution in [2.75, 3.05) is 0 Å². The Bertz CT molecular complexity index is 659. The van der Waals surface area contributed by atoms with Gasteiger partial charge in [-0.3, -0.25) is 4.84 Å². The largest absolute Gasteiger partial charge is 0.478 e. The lowest BCUT2D eigenvalue weighted by molar-refractivity contribution is 0.0697. The standard InChI is InChI=1S/C14H11F2NO3/c15-9-4-5-10(12(16)6-9)13-8(7-20-17)2-1-3-11(13)14(18)19/h1-6H,7,17H2,(H,18,19). The molecule has 0 aliphatic heterocycles. The minimum Gasteiger partial charge on any atom is -0.478 e. The minimum absolute atomic E-state index is 0.0172. The lowest BCUT2D eigenvalue weighted by Gasteiger charge is -2.13. The summed E-state index contributed by atoms with van der Waals surface area (Å²) < 4.78 is 26.9. The number of carboxylic acid groups (broad SMARTS) is 1. The molecule has 2 rings (SSSR count). The van der Waals surface area contributed by atoms with Gasteiger partial charge in [0.2, 0.25) is 0 Å². The molecule has 0 unspecified atom stereocenters. The molecule has 0 aromatic heterocycles. The summed E-state index contributed by atoms with van der Waals surface area (Å²) in [6, 6.07) is 7.35. The van der Waals surface area contributed by atoms with Crippen molar-refractivity contribution in [2.24, 2.45) is 5.90 Å². The third kappa shape index (κ3) is 2.66. The number of nitrogens with two attached hydrogens (primary N) is 1. The molecule has 104 valence electrons. The van der Waals surface area contributed by atoms with Crippen molar-refractivity contribution in [1.82, 2.24) is 0 Å². The van der Waals surface area contributed by atoms with Crippen LogP contribution in [0.4, 0.5) is 8.78 Å². The first-order valence-corrected chi connectivity index (χ1v) is 5.67. The van der Waals surface area contributed by atoms with E-state index in [1.807, 2.05) is 0 Å². The van der Waals surface area contributed by atoms with Crippen LogP contribution in [0.5, 0.6) is 0 Å². The van der Waals surface area contributed by atoms with Gasteiger partial charge >= 0.3 is 5.97 Å². The van der Waals surface area contributed by atoms with Crippen LogP contribution in [0.3, 0.4) is 0 Å². The van der Waals surface area contributed by atoms with Gasteiger partial charge in [0.15, 0.2) is 0 Å². The van der Waals surface area contributed by atoms with Crippen molar-refractivity contribution < 1.29 is 23.5 Å². The highest BCUT2D eigenvalue weighted by atomic mass is 19.1. The Hall–Kier alpha value is -2.31. The van der Waals surface area contributed by atoms with Crippen LogP contribution < -0.4 is 5.90 Å². The Morgan fingerprint density at radius 1 is 1.25 bits per heavy atom. The summed E-state index contributed by atoms with van der Waals surface area (Å²) >= 11 is 0. The molecule has 0 radical (unpaired) electrons. The zero-order valence-corrected chi connectivity index (χ0v) is 10.3. The molecule has 4 nitrogen and oxygen atoms in total. The maximum absolute atomic E-state index is 13.9. The van der Waals surface area contributed by atoms with Gasteiger partial charge in [0.05, 0.1) is 12.2 Å². The second-order valence-corrected chi connectivity index (χ2v) is 4.08. The predicted molar refractivity (Wildman–Crippen MR) is 67.7 cm³/mol. The number of carbonyl (C=O) groups is 1. The molecule has 6 heteroatoms. The highest BCUT2D eigenvalue weighted by Crippen LogP contribution is 2.31.